The lowest BCUT2D eigenvalue weighted by molar-refractivity contribution is -0.129. The fourth-order valence-electron chi connectivity index (χ4n) is 3.07. The van der Waals surface area contributed by atoms with Crippen LogP contribution < -0.4 is 9.47 Å². The van der Waals surface area contributed by atoms with Crippen LogP contribution >= 0.6 is 0 Å². The molecule has 0 N–H and O–H groups in total. The van der Waals surface area contributed by atoms with Crippen LogP contribution in [0.2, 0.25) is 0 Å². The first-order valence-electron chi connectivity index (χ1n) is 10.2. The molecule has 0 fully saturated rings. The van der Waals surface area contributed by atoms with Crippen LogP contribution in [0.25, 0.3) is 6.08 Å². The number of ether oxygens (including phenoxy) is 3. The van der Waals surface area contributed by atoms with Crippen molar-refractivity contribution < 1.29 is 23.4 Å². The molecule has 0 aliphatic carbocycles. The average molecular weight is 431 g/mol. The van der Waals surface area contributed by atoms with Crippen molar-refractivity contribution in [3.8, 4) is 11.5 Å². The molecule has 0 bridgehead atoms. The Morgan fingerprint density at radius 1 is 0.875 bits per heavy atom. The molecular weight excluding hydrogens is 409 g/mol. The highest BCUT2D eigenvalue weighted by Crippen LogP contribution is 2.21. The first-order valence-corrected chi connectivity index (χ1v) is 10.2. The Bertz CT molecular complexity index is 1180. The first-order chi connectivity index (χ1) is 15.5. The molecule has 0 atom stereocenters. The molecule has 3 aromatic rings. The fraction of sp³-hybridized carbons (Fsp3) is 0.154. The van der Waals surface area contributed by atoms with Gasteiger partial charge in [-0.1, -0.05) is 18.2 Å². The molecule has 0 spiro atoms. The van der Waals surface area contributed by atoms with Crippen molar-refractivity contribution in [2.75, 3.05) is 13.2 Å². The largest absolute Gasteiger partial charge is 0.490 e. The maximum Gasteiger partial charge on any atom is 0.363 e. The van der Waals surface area contributed by atoms with Crippen LogP contribution in [0.5, 0.6) is 11.5 Å². The number of carbonyl (C=O) groups excluding carboxylic acids is 1. The van der Waals surface area contributed by atoms with E-state index in [1.54, 1.807) is 6.08 Å². The van der Waals surface area contributed by atoms with Crippen molar-refractivity contribution in [1.82, 2.24) is 0 Å². The number of hydrogen-bond acceptors (Lipinski definition) is 5. The van der Waals surface area contributed by atoms with Gasteiger partial charge in [-0.2, -0.15) is 0 Å². The van der Waals surface area contributed by atoms with Crippen molar-refractivity contribution in [3.05, 3.63) is 100 Å². The molecule has 5 nitrogen and oxygen atoms in total. The van der Waals surface area contributed by atoms with E-state index >= 15 is 0 Å². The quantitative estimate of drug-likeness (QED) is 0.291. The summed E-state index contributed by atoms with van der Waals surface area (Å²) in [5.41, 5.74) is 3.91. The summed E-state index contributed by atoms with van der Waals surface area (Å²) in [6.45, 7) is 4.95. The van der Waals surface area contributed by atoms with E-state index in [1.807, 2.05) is 42.5 Å². The lowest BCUT2D eigenvalue weighted by atomic mass is 10.1. The average Bonchev–Trinajstić information content (AvgIpc) is 3.15. The van der Waals surface area contributed by atoms with E-state index in [0.717, 1.165) is 11.3 Å². The van der Waals surface area contributed by atoms with Crippen LogP contribution in [0.15, 0.2) is 77.4 Å². The van der Waals surface area contributed by atoms with Gasteiger partial charge in [0.15, 0.2) is 5.70 Å². The minimum absolute atomic E-state index is 0.157. The Balaban J connectivity index is 1.33. The number of carbonyl (C=O) groups is 1. The van der Waals surface area contributed by atoms with Crippen molar-refractivity contribution in [2.24, 2.45) is 4.99 Å². The van der Waals surface area contributed by atoms with Gasteiger partial charge in [-0.15, -0.1) is 0 Å². The van der Waals surface area contributed by atoms with Crippen molar-refractivity contribution in [1.29, 1.82) is 0 Å². The van der Waals surface area contributed by atoms with Gasteiger partial charge in [0, 0.05) is 5.56 Å². The molecule has 0 radical (unpaired) electrons. The van der Waals surface area contributed by atoms with Gasteiger partial charge in [-0.25, -0.2) is 14.2 Å². The molecule has 0 amide bonds. The molecule has 0 saturated heterocycles. The van der Waals surface area contributed by atoms with E-state index in [2.05, 4.69) is 18.8 Å². The number of esters is 1. The molecular formula is C26H22FNO4. The number of hydrogen-bond donors (Lipinski definition) is 0. The van der Waals surface area contributed by atoms with Gasteiger partial charge in [0.1, 0.15) is 30.5 Å². The molecule has 32 heavy (non-hydrogen) atoms. The standard InChI is InChI=1S/C26H22FNO4/c1-17-3-10-23(15-18(17)2)31-14-13-30-22-11-4-19(5-12-22)16-24-26(29)32-25(28-24)20-6-8-21(27)9-7-20/h3-12,15-16H,13-14H2,1-2H3. The maximum absolute atomic E-state index is 13.1. The van der Waals surface area contributed by atoms with Gasteiger partial charge < -0.3 is 14.2 Å². The highest BCUT2D eigenvalue weighted by Gasteiger charge is 2.24. The third-order valence-electron chi connectivity index (χ3n) is 4.99. The topological polar surface area (TPSA) is 57.1 Å². The second kappa shape index (κ2) is 9.47. The fourth-order valence-corrected chi connectivity index (χ4v) is 3.07. The van der Waals surface area contributed by atoms with E-state index in [-0.39, 0.29) is 17.4 Å². The van der Waals surface area contributed by atoms with Crippen LogP contribution in [-0.2, 0) is 9.53 Å². The molecule has 0 unspecified atom stereocenters. The lowest BCUT2D eigenvalue weighted by Crippen LogP contribution is -2.09. The summed E-state index contributed by atoms with van der Waals surface area (Å²) >= 11 is 0. The number of cyclic esters (lactones) is 1. The summed E-state index contributed by atoms with van der Waals surface area (Å²) in [6.07, 6.45) is 1.63. The van der Waals surface area contributed by atoms with Crippen LogP contribution in [0, 0.1) is 19.7 Å². The zero-order valence-electron chi connectivity index (χ0n) is 17.8. The summed E-state index contributed by atoms with van der Waals surface area (Å²) < 4.78 is 29.7. The summed E-state index contributed by atoms with van der Waals surface area (Å²) in [5, 5.41) is 0. The smallest absolute Gasteiger partial charge is 0.363 e. The molecule has 0 aromatic heterocycles. The second-order valence-corrected chi connectivity index (χ2v) is 7.35. The highest BCUT2D eigenvalue weighted by molar-refractivity contribution is 6.12. The van der Waals surface area contributed by atoms with E-state index in [9.17, 15) is 9.18 Å². The van der Waals surface area contributed by atoms with E-state index in [4.69, 9.17) is 14.2 Å². The number of nitrogens with zero attached hydrogens (tertiary/aromatic N) is 1. The van der Waals surface area contributed by atoms with Crippen LogP contribution in [-0.4, -0.2) is 25.1 Å². The number of benzene rings is 3. The van der Waals surface area contributed by atoms with E-state index in [0.29, 0.717) is 24.5 Å². The third kappa shape index (κ3) is 5.21. The van der Waals surface area contributed by atoms with Gasteiger partial charge in [0.05, 0.1) is 0 Å². The molecule has 0 saturated carbocycles. The third-order valence-corrected chi connectivity index (χ3v) is 4.99. The molecule has 1 aliphatic heterocycles. The molecule has 6 heteroatoms. The predicted molar refractivity (Wildman–Crippen MR) is 120 cm³/mol. The second-order valence-electron chi connectivity index (χ2n) is 7.35. The van der Waals surface area contributed by atoms with Crippen LogP contribution in [0.1, 0.15) is 22.3 Å². The van der Waals surface area contributed by atoms with E-state index in [1.165, 1.54) is 35.4 Å². The van der Waals surface area contributed by atoms with Crippen molar-refractivity contribution in [2.45, 2.75) is 13.8 Å². The highest BCUT2D eigenvalue weighted by atomic mass is 19.1. The summed E-state index contributed by atoms with van der Waals surface area (Å²) in [7, 11) is 0. The normalized spacial score (nSPS) is 14.3. The summed E-state index contributed by atoms with van der Waals surface area (Å²) in [4.78, 5) is 16.3. The number of aryl methyl sites for hydroxylation is 2. The van der Waals surface area contributed by atoms with Gasteiger partial charge in [0.2, 0.25) is 5.90 Å². The van der Waals surface area contributed by atoms with Crippen molar-refractivity contribution >= 4 is 17.9 Å². The SMILES string of the molecule is Cc1ccc(OCCOc2ccc(C=C3N=C(c4ccc(F)cc4)OC3=O)cc2)cc1C. The zero-order valence-corrected chi connectivity index (χ0v) is 17.8. The number of rotatable bonds is 7. The maximum atomic E-state index is 13.1. The van der Waals surface area contributed by atoms with Crippen LogP contribution in [0.4, 0.5) is 4.39 Å². The minimum Gasteiger partial charge on any atom is -0.490 e. The van der Waals surface area contributed by atoms with Gasteiger partial charge in [0.25, 0.3) is 0 Å². The van der Waals surface area contributed by atoms with Gasteiger partial charge >= 0.3 is 5.97 Å². The Morgan fingerprint density at radius 3 is 2.22 bits per heavy atom. The lowest BCUT2D eigenvalue weighted by Gasteiger charge is -2.10. The number of aliphatic imine (C=N–C) groups is 1. The Kier molecular flexibility index (Phi) is 6.31. The Morgan fingerprint density at radius 2 is 1.53 bits per heavy atom. The molecule has 1 aliphatic rings. The minimum atomic E-state index is -0.548. The van der Waals surface area contributed by atoms with Gasteiger partial charge in [-0.3, -0.25) is 0 Å². The van der Waals surface area contributed by atoms with Gasteiger partial charge in [-0.05, 0) is 85.1 Å². The first kappa shape index (κ1) is 21.3. The molecule has 4 rings (SSSR count). The molecule has 162 valence electrons. The zero-order chi connectivity index (χ0) is 22.5. The summed E-state index contributed by atoms with van der Waals surface area (Å²) in [5.74, 6) is 0.759. The van der Waals surface area contributed by atoms with Crippen molar-refractivity contribution in [3.63, 3.8) is 0 Å². The Labute approximate surface area is 185 Å². The number of halogens is 1. The van der Waals surface area contributed by atoms with Crippen LogP contribution in [0.3, 0.4) is 0 Å². The molecule has 3 aromatic carbocycles. The predicted octanol–water partition coefficient (Wildman–Crippen LogP) is 5.24. The van der Waals surface area contributed by atoms with E-state index < -0.39 is 5.97 Å². The molecule has 1 heterocycles. The monoisotopic (exact) mass is 431 g/mol. The summed E-state index contributed by atoms with van der Waals surface area (Å²) in [6, 6.07) is 18.9. The Hall–Kier alpha value is -3.93.